The van der Waals surface area contributed by atoms with Gasteiger partial charge in [0.1, 0.15) is 16.9 Å². The number of ether oxygens (including phenoxy) is 4. The van der Waals surface area contributed by atoms with Crippen molar-refractivity contribution in [3.8, 4) is 11.5 Å². The first-order valence-corrected chi connectivity index (χ1v) is 19.0. The maximum absolute atomic E-state index is 14.0. The van der Waals surface area contributed by atoms with Crippen LogP contribution in [0.1, 0.15) is 70.8 Å². The standard InChI is InChI=1S/C31H34NO5.C5H11NO.C2H6.CH3ClS/c1-20-27(25-10-7-11-26-28(25)32(20)15-17-35-26)29(34)24-9-6-8-21-18-22(12-13-23(21)24)37-30(2,3)14-16-36-31(4,5)19-33;1-6-2-4-7-5-3-6;1-2;1-3-2/h6-13,15,18,33H,14,16-17,19H2,1-5H3;2-5H2,1H3;1-2H3;1H3/q+1;;;. The summed E-state index contributed by atoms with van der Waals surface area (Å²) in [5, 5.41) is 11.2. The van der Waals surface area contributed by atoms with E-state index in [1.165, 1.54) is 11.0 Å². The minimum absolute atomic E-state index is 0.00283. The predicted octanol–water partition coefficient (Wildman–Crippen LogP) is 8.39. The van der Waals surface area contributed by atoms with E-state index in [-0.39, 0.29) is 12.4 Å². The number of halogens is 1. The lowest BCUT2D eigenvalue weighted by atomic mass is 9.93. The Morgan fingerprint density at radius 3 is 2.35 bits per heavy atom. The number of fused-ring (bicyclic) bond motifs is 1. The van der Waals surface area contributed by atoms with Gasteiger partial charge in [-0.3, -0.25) is 4.79 Å². The molecule has 0 saturated carbocycles. The van der Waals surface area contributed by atoms with Gasteiger partial charge in [0.05, 0.1) is 37.6 Å². The van der Waals surface area contributed by atoms with Gasteiger partial charge in [0.25, 0.3) is 5.69 Å². The number of para-hydroxylation sites is 1. The number of likely N-dealkylation sites (N-methyl/N-ethyl adjacent to an activating group) is 1. The fourth-order valence-corrected chi connectivity index (χ4v) is 5.59. The Kier molecular flexibility index (Phi) is 15.6. The third kappa shape index (κ3) is 10.8. The van der Waals surface area contributed by atoms with Gasteiger partial charge in [-0.05, 0) is 92.8 Å². The van der Waals surface area contributed by atoms with Crippen molar-refractivity contribution in [3.05, 3.63) is 71.4 Å². The Balaban J connectivity index is 0.000000465. The zero-order valence-electron chi connectivity index (χ0n) is 30.6. The average Bonchev–Trinajstić information content (AvgIpc) is 3.38. The summed E-state index contributed by atoms with van der Waals surface area (Å²) in [6, 6.07) is 17.6. The Morgan fingerprint density at radius 2 is 1.71 bits per heavy atom. The monoisotopic (exact) mass is 713 g/mol. The number of carbonyl (C=O) groups is 1. The Labute approximate surface area is 301 Å². The van der Waals surface area contributed by atoms with Crippen molar-refractivity contribution in [2.24, 2.45) is 0 Å². The van der Waals surface area contributed by atoms with E-state index < -0.39 is 11.2 Å². The van der Waals surface area contributed by atoms with E-state index in [2.05, 4.69) is 16.5 Å². The van der Waals surface area contributed by atoms with Crippen molar-refractivity contribution in [1.29, 1.82) is 0 Å². The van der Waals surface area contributed by atoms with Crippen LogP contribution in [0, 0.1) is 0 Å². The Hall–Kier alpha value is -2.92. The van der Waals surface area contributed by atoms with Crippen molar-refractivity contribution in [3.63, 3.8) is 0 Å². The number of rotatable bonds is 9. The molecule has 268 valence electrons. The van der Waals surface area contributed by atoms with Crippen LogP contribution >= 0.6 is 21.7 Å². The zero-order chi connectivity index (χ0) is 36.2. The van der Waals surface area contributed by atoms with Gasteiger partial charge in [0.2, 0.25) is 5.78 Å². The molecule has 0 bridgehead atoms. The lowest BCUT2D eigenvalue weighted by Crippen LogP contribution is -2.34. The van der Waals surface area contributed by atoms with Gasteiger partial charge >= 0.3 is 0 Å². The van der Waals surface area contributed by atoms with Crippen LogP contribution in [0.2, 0.25) is 0 Å². The van der Waals surface area contributed by atoms with Crippen molar-refractivity contribution in [1.82, 2.24) is 4.90 Å². The summed E-state index contributed by atoms with van der Waals surface area (Å²) in [6.45, 7) is 18.7. The second-order valence-corrected chi connectivity index (χ2v) is 14.2. The molecule has 8 nitrogen and oxygen atoms in total. The lowest BCUT2D eigenvalue weighted by molar-refractivity contribution is -0.378. The first-order valence-electron chi connectivity index (χ1n) is 16.9. The van der Waals surface area contributed by atoms with Gasteiger partial charge in [-0.25, -0.2) is 0 Å². The molecule has 1 N–H and O–H groups in total. The number of benzene rings is 3. The molecule has 49 heavy (non-hydrogen) atoms. The lowest BCUT2D eigenvalue weighted by Gasteiger charge is -2.29. The van der Waals surface area contributed by atoms with Crippen molar-refractivity contribution in [2.75, 3.05) is 59.4 Å². The van der Waals surface area contributed by atoms with E-state index in [0.29, 0.717) is 30.8 Å². The molecule has 10 heteroatoms. The molecule has 1 fully saturated rings. The molecule has 6 rings (SSSR count). The molecule has 0 spiro atoms. The van der Waals surface area contributed by atoms with Crippen LogP contribution in [0.4, 0.5) is 5.69 Å². The van der Waals surface area contributed by atoms with E-state index in [9.17, 15) is 9.90 Å². The second-order valence-electron chi connectivity index (χ2n) is 12.9. The number of Topliss-reactive ketones (excluding diaryl/α,β-unsaturated/α-hetero) is 1. The van der Waals surface area contributed by atoms with E-state index >= 15 is 0 Å². The van der Waals surface area contributed by atoms with Crippen molar-refractivity contribution in [2.45, 2.75) is 66.1 Å². The normalized spacial score (nSPS) is 15.4. The van der Waals surface area contributed by atoms with Crippen LogP contribution < -0.4 is 9.47 Å². The fourth-order valence-electron chi connectivity index (χ4n) is 5.59. The second kappa shape index (κ2) is 18.9. The third-order valence-corrected chi connectivity index (χ3v) is 8.26. The Morgan fingerprint density at radius 1 is 1.04 bits per heavy atom. The van der Waals surface area contributed by atoms with Gasteiger partial charge in [-0.1, -0.05) is 49.1 Å². The fraction of sp³-hybridized carbons (Fsp3) is 0.487. The van der Waals surface area contributed by atoms with Gasteiger partial charge in [0.15, 0.2) is 24.3 Å². The quantitative estimate of drug-likeness (QED) is 0.175. The summed E-state index contributed by atoms with van der Waals surface area (Å²) in [5.74, 6) is 1.53. The molecule has 1 saturated heterocycles. The molecule has 0 atom stereocenters. The number of hydrogen-bond donors (Lipinski definition) is 1. The number of morpholine rings is 1. The summed E-state index contributed by atoms with van der Waals surface area (Å²) in [4.78, 5) is 16.2. The third-order valence-electron chi connectivity index (χ3n) is 8.26. The largest absolute Gasteiger partial charge is 0.488 e. The van der Waals surface area contributed by atoms with Gasteiger partial charge < -0.3 is 29.0 Å². The zero-order valence-corrected chi connectivity index (χ0v) is 32.2. The SMILES string of the molecule is CC.CC1=C(C(=O)c2cccc3cc(OC(C)(C)CCOC(C)(C)CO)ccc23)c2cccc3c2[N+]1=CCO3.CN1CCOCC1.CSCl. The smallest absolute Gasteiger partial charge is 0.261 e. The molecule has 0 aromatic heterocycles. The molecule has 0 unspecified atom stereocenters. The maximum Gasteiger partial charge on any atom is 0.261 e. The van der Waals surface area contributed by atoms with E-state index in [4.69, 9.17) is 29.6 Å². The average molecular weight is 714 g/mol. The van der Waals surface area contributed by atoms with E-state index in [1.807, 2.05) is 116 Å². The van der Waals surface area contributed by atoms with Crippen LogP contribution in [0.3, 0.4) is 0 Å². The highest BCUT2D eigenvalue weighted by Gasteiger charge is 2.40. The minimum Gasteiger partial charge on any atom is -0.488 e. The highest BCUT2D eigenvalue weighted by molar-refractivity contribution is 8.20. The number of ketones is 1. The van der Waals surface area contributed by atoms with Crippen LogP contribution in [0.5, 0.6) is 11.5 Å². The van der Waals surface area contributed by atoms with Gasteiger partial charge in [-0.2, -0.15) is 4.58 Å². The van der Waals surface area contributed by atoms with Gasteiger partial charge in [0, 0.05) is 32.0 Å². The number of hydrogen-bond acceptors (Lipinski definition) is 8. The molecular weight excluding hydrogens is 660 g/mol. The van der Waals surface area contributed by atoms with Crippen molar-refractivity contribution < 1.29 is 33.4 Å². The molecule has 3 aliphatic heterocycles. The molecular formula is C39H54ClN2O6S+. The number of carbonyl (C=O) groups excluding carboxylic acids is 1. The molecule has 3 heterocycles. The Bertz CT molecular complexity index is 1610. The number of nitrogens with zero attached hydrogens (tertiary/aromatic N) is 2. The van der Waals surface area contributed by atoms with Crippen LogP contribution in [0.15, 0.2) is 60.3 Å². The molecule has 0 amide bonds. The summed E-state index contributed by atoms with van der Waals surface area (Å²) >= 11 is 0. The molecule has 0 aliphatic carbocycles. The molecule has 3 aromatic rings. The molecule has 3 aliphatic rings. The van der Waals surface area contributed by atoms with Crippen LogP contribution in [0.25, 0.3) is 16.3 Å². The number of aliphatic hydroxyl groups excluding tert-OH is 1. The number of aliphatic hydroxyl groups is 1. The highest BCUT2D eigenvalue weighted by atomic mass is 35.7. The van der Waals surface area contributed by atoms with Gasteiger partial charge in [-0.15, -0.1) is 0 Å². The molecule has 3 aromatic carbocycles. The minimum atomic E-state index is -0.572. The summed E-state index contributed by atoms with van der Waals surface area (Å²) in [6.07, 6.45) is 4.45. The highest BCUT2D eigenvalue weighted by Crippen LogP contribution is 2.46. The molecule has 0 radical (unpaired) electrons. The van der Waals surface area contributed by atoms with Crippen LogP contribution in [-0.2, 0) is 9.47 Å². The maximum atomic E-state index is 14.0. The predicted molar refractivity (Wildman–Crippen MR) is 204 cm³/mol. The first kappa shape index (κ1) is 40.5. The summed E-state index contributed by atoms with van der Waals surface area (Å²) < 4.78 is 25.1. The van der Waals surface area contributed by atoms with E-state index in [0.717, 1.165) is 65.5 Å². The summed E-state index contributed by atoms with van der Waals surface area (Å²) in [7, 11) is 8.25. The van der Waals surface area contributed by atoms with E-state index in [1.54, 1.807) is 0 Å². The topological polar surface area (TPSA) is 80.5 Å². The summed E-state index contributed by atoms with van der Waals surface area (Å²) in [5.41, 5.74) is 3.10. The van der Waals surface area contributed by atoms with Crippen LogP contribution in [-0.4, -0.2) is 97.2 Å². The first-order chi connectivity index (χ1) is 23.4. The number of allylic oxidation sites excluding steroid dienone is 2. The van der Waals surface area contributed by atoms with Crippen molar-refractivity contribution >= 4 is 55.7 Å².